The Morgan fingerprint density at radius 2 is 1.86 bits per heavy atom. The molecular formula is C22H28N4O2. The molecule has 1 heterocycles. The summed E-state index contributed by atoms with van der Waals surface area (Å²) in [6.45, 7) is 4.77. The molecule has 1 aliphatic heterocycles. The van der Waals surface area contributed by atoms with Crippen LogP contribution in [0.3, 0.4) is 0 Å². The second-order valence-corrected chi connectivity index (χ2v) is 6.79. The average Bonchev–Trinajstić information content (AvgIpc) is 3.16. The molecule has 0 unspecified atom stereocenters. The molecular weight excluding hydrogens is 352 g/mol. The molecule has 0 saturated carbocycles. The molecule has 1 saturated heterocycles. The molecule has 3 N–H and O–H groups in total. The SMILES string of the molecule is CCNC(=NCc1ccc(N2CCCC2=O)cc1)NCc1ccccc1CO. The van der Waals surface area contributed by atoms with Gasteiger partial charge < -0.3 is 20.6 Å². The van der Waals surface area contributed by atoms with Crippen LogP contribution in [0.1, 0.15) is 36.5 Å². The molecule has 1 amide bonds. The molecule has 1 aliphatic rings. The number of amides is 1. The van der Waals surface area contributed by atoms with Crippen LogP contribution in [0.5, 0.6) is 0 Å². The summed E-state index contributed by atoms with van der Waals surface area (Å²) in [6.07, 6.45) is 1.57. The van der Waals surface area contributed by atoms with Gasteiger partial charge in [-0.05, 0) is 42.2 Å². The smallest absolute Gasteiger partial charge is 0.227 e. The van der Waals surface area contributed by atoms with E-state index < -0.39 is 0 Å². The summed E-state index contributed by atoms with van der Waals surface area (Å²) in [6, 6.07) is 15.8. The zero-order chi connectivity index (χ0) is 19.8. The minimum atomic E-state index is 0.0252. The van der Waals surface area contributed by atoms with Gasteiger partial charge in [-0.2, -0.15) is 0 Å². The van der Waals surface area contributed by atoms with Crippen molar-refractivity contribution in [1.82, 2.24) is 10.6 Å². The molecule has 6 nitrogen and oxygen atoms in total. The van der Waals surface area contributed by atoms with Crippen molar-refractivity contribution in [3.8, 4) is 0 Å². The number of benzene rings is 2. The van der Waals surface area contributed by atoms with Crippen LogP contribution < -0.4 is 15.5 Å². The topological polar surface area (TPSA) is 77.0 Å². The van der Waals surface area contributed by atoms with Gasteiger partial charge in [0.1, 0.15) is 0 Å². The molecule has 0 atom stereocenters. The molecule has 148 valence electrons. The largest absolute Gasteiger partial charge is 0.392 e. The lowest BCUT2D eigenvalue weighted by molar-refractivity contribution is -0.117. The maximum absolute atomic E-state index is 11.9. The predicted octanol–water partition coefficient (Wildman–Crippen LogP) is 2.56. The van der Waals surface area contributed by atoms with Gasteiger partial charge in [0.15, 0.2) is 5.96 Å². The van der Waals surface area contributed by atoms with E-state index in [9.17, 15) is 9.90 Å². The average molecular weight is 380 g/mol. The number of nitrogens with zero attached hydrogens (tertiary/aromatic N) is 2. The summed E-state index contributed by atoms with van der Waals surface area (Å²) < 4.78 is 0. The van der Waals surface area contributed by atoms with E-state index in [-0.39, 0.29) is 12.5 Å². The standard InChI is InChI=1S/C22H28N4O2/c1-2-23-22(25-15-18-6-3-4-7-19(18)16-27)24-14-17-9-11-20(12-10-17)26-13-5-8-21(26)28/h3-4,6-7,9-12,27H,2,5,8,13-16H2,1H3,(H2,23,24,25). The number of aliphatic hydroxyl groups excluding tert-OH is 1. The lowest BCUT2D eigenvalue weighted by atomic mass is 10.1. The molecule has 0 radical (unpaired) electrons. The van der Waals surface area contributed by atoms with Crippen LogP contribution in [-0.4, -0.2) is 30.1 Å². The van der Waals surface area contributed by atoms with E-state index in [2.05, 4.69) is 15.6 Å². The fourth-order valence-electron chi connectivity index (χ4n) is 3.28. The van der Waals surface area contributed by atoms with Crippen molar-refractivity contribution in [1.29, 1.82) is 0 Å². The van der Waals surface area contributed by atoms with Crippen LogP contribution in [0.2, 0.25) is 0 Å². The first kappa shape index (κ1) is 19.9. The normalized spacial score (nSPS) is 14.4. The van der Waals surface area contributed by atoms with Crippen LogP contribution in [0.4, 0.5) is 5.69 Å². The summed E-state index contributed by atoms with van der Waals surface area (Å²) in [7, 11) is 0. The summed E-state index contributed by atoms with van der Waals surface area (Å²) in [4.78, 5) is 18.3. The third-order valence-corrected chi connectivity index (χ3v) is 4.82. The van der Waals surface area contributed by atoms with Gasteiger partial charge in [0.2, 0.25) is 5.91 Å². The van der Waals surface area contributed by atoms with Crippen LogP contribution in [0.15, 0.2) is 53.5 Å². The van der Waals surface area contributed by atoms with Crippen LogP contribution in [-0.2, 0) is 24.5 Å². The maximum Gasteiger partial charge on any atom is 0.227 e. The Morgan fingerprint density at radius 1 is 1.11 bits per heavy atom. The van der Waals surface area contributed by atoms with E-state index in [1.54, 1.807) is 0 Å². The van der Waals surface area contributed by atoms with Gasteiger partial charge in [-0.1, -0.05) is 36.4 Å². The fourth-order valence-corrected chi connectivity index (χ4v) is 3.28. The van der Waals surface area contributed by atoms with Crippen molar-refractivity contribution >= 4 is 17.6 Å². The van der Waals surface area contributed by atoms with Gasteiger partial charge in [-0.25, -0.2) is 4.99 Å². The van der Waals surface area contributed by atoms with E-state index in [0.717, 1.165) is 47.8 Å². The number of guanidine groups is 1. The first-order valence-electron chi connectivity index (χ1n) is 9.80. The maximum atomic E-state index is 11.9. The third kappa shape index (κ3) is 5.10. The number of hydrogen-bond acceptors (Lipinski definition) is 3. The molecule has 6 heteroatoms. The fraction of sp³-hybridized carbons (Fsp3) is 0.364. The molecule has 28 heavy (non-hydrogen) atoms. The van der Waals surface area contributed by atoms with Crippen LogP contribution >= 0.6 is 0 Å². The first-order chi connectivity index (χ1) is 13.7. The molecule has 2 aromatic rings. The minimum Gasteiger partial charge on any atom is -0.392 e. The molecule has 0 aliphatic carbocycles. The second-order valence-electron chi connectivity index (χ2n) is 6.79. The van der Waals surface area contributed by atoms with Crippen molar-refractivity contribution in [2.75, 3.05) is 18.0 Å². The minimum absolute atomic E-state index is 0.0252. The van der Waals surface area contributed by atoms with Crippen molar-refractivity contribution in [3.05, 3.63) is 65.2 Å². The third-order valence-electron chi connectivity index (χ3n) is 4.82. The van der Waals surface area contributed by atoms with Gasteiger partial charge in [-0.3, -0.25) is 4.79 Å². The molecule has 0 bridgehead atoms. The number of rotatable bonds is 7. The number of aliphatic imine (C=N–C) groups is 1. The van der Waals surface area contributed by atoms with E-state index >= 15 is 0 Å². The number of nitrogens with one attached hydrogen (secondary N) is 2. The van der Waals surface area contributed by atoms with Crippen LogP contribution in [0, 0.1) is 0 Å². The van der Waals surface area contributed by atoms with Crippen molar-refractivity contribution in [3.63, 3.8) is 0 Å². The number of hydrogen-bond donors (Lipinski definition) is 3. The molecule has 3 rings (SSSR count). The number of carbonyl (C=O) groups is 1. The van der Waals surface area contributed by atoms with Gasteiger partial charge in [-0.15, -0.1) is 0 Å². The second kappa shape index (κ2) is 9.90. The Labute approximate surface area is 166 Å². The van der Waals surface area contributed by atoms with E-state index in [0.29, 0.717) is 19.5 Å². The van der Waals surface area contributed by atoms with E-state index in [1.165, 1.54) is 0 Å². The monoisotopic (exact) mass is 380 g/mol. The number of anilines is 1. The Morgan fingerprint density at radius 3 is 2.50 bits per heavy atom. The zero-order valence-corrected chi connectivity index (χ0v) is 16.3. The summed E-state index contributed by atoms with van der Waals surface area (Å²) in [5.74, 6) is 0.932. The summed E-state index contributed by atoms with van der Waals surface area (Å²) in [5, 5.41) is 16.0. The molecule has 2 aromatic carbocycles. The zero-order valence-electron chi connectivity index (χ0n) is 16.3. The van der Waals surface area contributed by atoms with Gasteiger partial charge >= 0.3 is 0 Å². The van der Waals surface area contributed by atoms with Gasteiger partial charge in [0.05, 0.1) is 13.2 Å². The highest BCUT2D eigenvalue weighted by Crippen LogP contribution is 2.21. The lowest BCUT2D eigenvalue weighted by Crippen LogP contribution is -2.37. The van der Waals surface area contributed by atoms with E-state index in [1.807, 2.05) is 60.4 Å². The molecule has 0 aromatic heterocycles. The first-order valence-corrected chi connectivity index (χ1v) is 9.80. The predicted molar refractivity (Wildman–Crippen MR) is 112 cm³/mol. The summed E-state index contributed by atoms with van der Waals surface area (Å²) >= 11 is 0. The Balaban J connectivity index is 1.61. The highest BCUT2D eigenvalue weighted by Gasteiger charge is 2.21. The Kier molecular flexibility index (Phi) is 7.03. The van der Waals surface area contributed by atoms with Crippen molar-refractivity contribution in [2.24, 2.45) is 4.99 Å². The number of aliphatic hydroxyl groups is 1. The lowest BCUT2D eigenvalue weighted by Gasteiger charge is -2.16. The Bertz CT molecular complexity index is 818. The number of carbonyl (C=O) groups excluding carboxylic acids is 1. The quantitative estimate of drug-likeness (QED) is 0.510. The van der Waals surface area contributed by atoms with Crippen LogP contribution in [0.25, 0.3) is 0 Å². The van der Waals surface area contributed by atoms with Crippen molar-refractivity contribution < 1.29 is 9.90 Å². The van der Waals surface area contributed by atoms with Crippen molar-refractivity contribution in [2.45, 2.75) is 39.5 Å². The molecule has 1 fully saturated rings. The summed E-state index contributed by atoms with van der Waals surface area (Å²) in [5.41, 5.74) is 4.01. The highest BCUT2D eigenvalue weighted by molar-refractivity contribution is 5.95. The molecule has 0 spiro atoms. The van der Waals surface area contributed by atoms with E-state index in [4.69, 9.17) is 0 Å². The van der Waals surface area contributed by atoms with Gasteiger partial charge in [0, 0.05) is 31.7 Å². The highest BCUT2D eigenvalue weighted by atomic mass is 16.3. The Hall–Kier alpha value is -2.86. The van der Waals surface area contributed by atoms with Gasteiger partial charge in [0.25, 0.3) is 0 Å².